The smallest absolute Gasteiger partial charge is 0.335 e. The summed E-state index contributed by atoms with van der Waals surface area (Å²) in [5.41, 5.74) is 4.81. The molecule has 0 heterocycles. The summed E-state index contributed by atoms with van der Waals surface area (Å²) in [4.78, 5) is 46.4. The van der Waals surface area contributed by atoms with Gasteiger partial charge in [0.15, 0.2) is 0 Å². The Morgan fingerprint density at radius 1 is 0.632 bits per heavy atom. The van der Waals surface area contributed by atoms with Crippen molar-refractivity contribution in [3.05, 3.63) is 82.9 Å². The molecule has 2 N–H and O–H groups in total. The van der Waals surface area contributed by atoms with Crippen molar-refractivity contribution >= 4 is 23.9 Å². The van der Waals surface area contributed by atoms with Crippen molar-refractivity contribution in [3.63, 3.8) is 0 Å². The summed E-state index contributed by atoms with van der Waals surface area (Å²) in [7, 11) is 0. The van der Waals surface area contributed by atoms with Crippen LogP contribution in [-0.2, 0) is 31.9 Å². The van der Waals surface area contributed by atoms with Crippen LogP contribution in [0.1, 0.15) is 59.5 Å². The van der Waals surface area contributed by atoms with Gasteiger partial charge in [0.2, 0.25) is 0 Å². The van der Waals surface area contributed by atoms with Gasteiger partial charge in [0.1, 0.15) is 12.2 Å². The lowest BCUT2D eigenvalue weighted by Gasteiger charge is -2.22. The molecule has 198 valence electrons. The van der Waals surface area contributed by atoms with Gasteiger partial charge in [0.05, 0.1) is 11.1 Å². The van der Waals surface area contributed by atoms with Crippen LogP contribution in [0.2, 0.25) is 0 Å². The van der Waals surface area contributed by atoms with E-state index in [9.17, 15) is 24.3 Å². The Hall–Kier alpha value is -4.46. The van der Waals surface area contributed by atoms with Crippen molar-refractivity contribution in [2.75, 3.05) is 0 Å². The molecule has 8 nitrogen and oxygen atoms in total. The maximum absolute atomic E-state index is 12.1. The Kier molecular flexibility index (Phi) is 9.02. The van der Waals surface area contributed by atoms with E-state index in [1.54, 1.807) is 44.2 Å². The van der Waals surface area contributed by atoms with Crippen molar-refractivity contribution in [1.82, 2.24) is 0 Å². The van der Waals surface area contributed by atoms with E-state index in [1.165, 1.54) is 19.9 Å². The minimum atomic E-state index is -1.11. The summed E-state index contributed by atoms with van der Waals surface area (Å²) in [5, 5.41) is 19.0. The average Bonchev–Trinajstić information content (AvgIpc) is 2.84. The molecule has 0 aliphatic heterocycles. The van der Waals surface area contributed by atoms with Gasteiger partial charge in [-0.15, -0.1) is 0 Å². The number of carbonyl (C=O) groups is 4. The number of carboxylic acids is 2. The maximum atomic E-state index is 12.1. The summed E-state index contributed by atoms with van der Waals surface area (Å²) in [5.74, 6) is -3.01. The van der Waals surface area contributed by atoms with Crippen molar-refractivity contribution < 1.29 is 38.9 Å². The number of carboxylic acid groups (broad SMARTS) is 2. The molecule has 0 fully saturated rings. The minimum absolute atomic E-state index is 0.0907. The molecule has 0 amide bonds. The molecule has 2 atom stereocenters. The Balaban J connectivity index is 2.09. The highest BCUT2D eigenvalue weighted by Crippen LogP contribution is 2.33. The van der Waals surface area contributed by atoms with Crippen molar-refractivity contribution in [2.45, 2.75) is 52.7 Å². The highest BCUT2D eigenvalue weighted by Gasteiger charge is 2.23. The van der Waals surface area contributed by atoms with Crippen LogP contribution in [0.5, 0.6) is 0 Å². The molecule has 3 rings (SSSR count). The lowest BCUT2D eigenvalue weighted by atomic mass is 9.86. The van der Waals surface area contributed by atoms with Crippen molar-refractivity contribution in [3.8, 4) is 22.3 Å². The van der Waals surface area contributed by atoms with Gasteiger partial charge in [-0.25, -0.2) is 9.59 Å². The lowest BCUT2D eigenvalue weighted by Crippen LogP contribution is -2.21. The molecule has 0 radical (unpaired) electrons. The zero-order valence-corrected chi connectivity index (χ0v) is 21.7. The first-order valence-corrected chi connectivity index (χ1v) is 12.1. The van der Waals surface area contributed by atoms with Gasteiger partial charge in [0, 0.05) is 26.7 Å². The second-order valence-corrected chi connectivity index (χ2v) is 9.13. The van der Waals surface area contributed by atoms with Crippen molar-refractivity contribution in [1.29, 1.82) is 0 Å². The van der Waals surface area contributed by atoms with Crippen molar-refractivity contribution in [2.24, 2.45) is 0 Å². The number of ether oxygens (including phenoxy) is 2. The summed E-state index contributed by atoms with van der Waals surface area (Å²) in [6.07, 6.45) is -0.660. The molecule has 3 aromatic rings. The molecule has 0 bridgehead atoms. The zero-order chi connectivity index (χ0) is 28.0. The molecule has 3 aromatic carbocycles. The van der Waals surface area contributed by atoms with E-state index in [0.29, 0.717) is 11.1 Å². The zero-order valence-electron chi connectivity index (χ0n) is 21.7. The number of esters is 2. The third kappa shape index (κ3) is 7.06. The molecule has 0 aliphatic rings. The first-order chi connectivity index (χ1) is 18.0. The molecule has 0 saturated carbocycles. The first kappa shape index (κ1) is 28.1. The highest BCUT2D eigenvalue weighted by atomic mass is 16.5. The van der Waals surface area contributed by atoms with E-state index in [0.717, 1.165) is 22.3 Å². The van der Waals surface area contributed by atoms with Crippen LogP contribution in [0.25, 0.3) is 22.3 Å². The highest BCUT2D eigenvalue weighted by molar-refractivity contribution is 5.92. The van der Waals surface area contributed by atoms with Crippen LogP contribution in [-0.4, -0.2) is 46.3 Å². The SMILES string of the molecule is CC(=O)O[C@@H](C)Cc1c(C(=O)O)ccc(-c2ccc(-c3ccc(C(=O)O)cc3)cc2)c1C[C@H](C)OC(C)=O. The number of hydrogen-bond acceptors (Lipinski definition) is 6. The first-order valence-electron chi connectivity index (χ1n) is 12.1. The number of rotatable bonds is 10. The largest absolute Gasteiger partial charge is 0.478 e. The van der Waals surface area contributed by atoms with Gasteiger partial charge >= 0.3 is 23.9 Å². The molecule has 0 aromatic heterocycles. The summed E-state index contributed by atoms with van der Waals surface area (Å²) in [6, 6.07) is 17.4. The molecular weight excluding hydrogens is 488 g/mol. The number of hydrogen-bond donors (Lipinski definition) is 2. The van der Waals surface area contributed by atoms with Gasteiger partial charge in [0.25, 0.3) is 0 Å². The van der Waals surface area contributed by atoms with E-state index in [1.807, 2.05) is 24.3 Å². The number of benzene rings is 3. The Labute approximate surface area is 220 Å². The van der Waals surface area contributed by atoms with Gasteiger partial charge in [-0.3, -0.25) is 9.59 Å². The monoisotopic (exact) mass is 518 g/mol. The molecular formula is C30H30O8. The topological polar surface area (TPSA) is 127 Å². The Morgan fingerprint density at radius 3 is 1.53 bits per heavy atom. The summed E-state index contributed by atoms with van der Waals surface area (Å²) in [6.45, 7) is 6.05. The molecule has 0 unspecified atom stereocenters. The normalized spacial score (nSPS) is 12.3. The van der Waals surface area contributed by atoms with Crippen LogP contribution in [0.4, 0.5) is 0 Å². The fraction of sp³-hybridized carbons (Fsp3) is 0.267. The van der Waals surface area contributed by atoms with E-state index in [4.69, 9.17) is 14.6 Å². The molecule has 8 heteroatoms. The maximum Gasteiger partial charge on any atom is 0.335 e. The number of carbonyl (C=O) groups excluding carboxylic acids is 2. The Bertz CT molecular complexity index is 1340. The van der Waals surface area contributed by atoms with Crippen LogP contribution in [0.3, 0.4) is 0 Å². The second-order valence-electron chi connectivity index (χ2n) is 9.13. The molecule has 0 aliphatic carbocycles. The Morgan fingerprint density at radius 2 is 1.08 bits per heavy atom. The van der Waals surface area contributed by atoms with Gasteiger partial charge in [-0.2, -0.15) is 0 Å². The van der Waals surface area contributed by atoms with E-state index >= 15 is 0 Å². The third-order valence-corrected chi connectivity index (χ3v) is 6.04. The van der Waals surface area contributed by atoms with E-state index in [-0.39, 0.29) is 24.0 Å². The van der Waals surface area contributed by atoms with Crippen LogP contribution in [0.15, 0.2) is 60.7 Å². The second kappa shape index (κ2) is 12.2. The van der Waals surface area contributed by atoms with E-state index in [2.05, 4.69) is 0 Å². The van der Waals surface area contributed by atoms with Crippen LogP contribution < -0.4 is 0 Å². The summed E-state index contributed by atoms with van der Waals surface area (Å²) >= 11 is 0. The summed E-state index contributed by atoms with van der Waals surface area (Å²) < 4.78 is 10.7. The van der Waals surface area contributed by atoms with Gasteiger partial charge < -0.3 is 19.7 Å². The minimum Gasteiger partial charge on any atom is -0.478 e. The van der Waals surface area contributed by atoms with Gasteiger partial charge in [-0.05, 0) is 65.4 Å². The predicted molar refractivity (Wildman–Crippen MR) is 141 cm³/mol. The van der Waals surface area contributed by atoms with E-state index < -0.39 is 36.1 Å². The lowest BCUT2D eigenvalue weighted by molar-refractivity contribution is -0.146. The quantitative estimate of drug-likeness (QED) is 0.341. The molecule has 38 heavy (non-hydrogen) atoms. The standard InChI is InChI=1S/C30H30O8/c1-17(37-19(3)31)15-27-25(13-14-26(30(35)36)28(27)16-18(2)38-20(4)32)23-9-5-21(6-10-23)22-7-11-24(12-8-22)29(33)34/h5-14,17-18H,15-16H2,1-4H3,(H,33,34)(H,35,36)/t17-,18-/m0/s1. The average molecular weight is 519 g/mol. The molecule has 0 saturated heterocycles. The van der Waals surface area contributed by atoms with Crippen LogP contribution >= 0.6 is 0 Å². The van der Waals surface area contributed by atoms with Crippen LogP contribution in [0, 0.1) is 0 Å². The molecule has 0 spiro atoms. The third-order valence-electron chi connectivity index (χ3n) is 6.04. The fourth-order valence-corrected chi connectivity index (χ4v) is 4.50. The number of aromatic carboxylic acids is 2. The predicted octanol–water partition coefficient (Wildman–Crippen LogP) is 5.41. The fourth-order valence-electron chi connectivity index (χ4n) is 4.50. The van der Waals surface area contributed by atoms with Gasteiger partial charge in [-0.1, -0.05) is 42.5 Å².